The molecule has 0 amide bonds. The Balaban J connectivity index is 1.98. The molecule has 1 aromatic rings. The lowest BCUT2D eigenvalue weighted by molar-refractivity contribution is 0.0601. The number of rotatable bonds is 5. The zero-order valence-corrected chi connectivity index (χ0v) is 12.9. The number of ether oxygens (including phenoxy) is 1. The Morgan fingerprint density at radius 1 is 1.38 bits per heavy atom. The minimum absolute atomic E-state index is 0.276. The smallest absolute Gasteiger partial charge is 0.337 e. The Bertz CT molecular complexity index is 484. The second-order valence-electron chi connectivity index (χ2n) is 5.70. The number of piperidine rings is 1. The zero-order valence-electron chi connectivity index (χ0n) is 12.9. The number of carbonyl (C=O) groups excluding carboxylic acids is 1. The second kappa shape index (κ2) is 7.31. The van der Waals surface area contributed by atoms with Crippen LogP contribution in [0.2, 0.25) is 0 Å². The Morgan fingerprint density at radius 3 is 2.76 bits per heavy atom. The number of methoxy groups -OCH3 is 1. The van der Waals surface area contributed by atoms with Crippen LogP contribution in [0.15, 0.2) is 18.2 Å². The van der Waals surface area contributed by atoms with Crippen molar-refractivity contribution in [3.8, 4) is 0 Å². The van der Waals surface area contributed by atoms with Crippen molar-refractivity contribution in [2.75, 3.05) is 37.8 Å². The Kier molecular flexibility index (Phi) is 5.44. The van der Waals surface area contributed by atoms with E-state index in [1.54, 1.807) is 18.2 Å². The van der Waals surface area contributed by atoms with Crippen LogP contribution in [0.25, 0.3) is 0 Å². The molecule has 5 nitrogen and oxygen atoms in total. The Labute approximate surface area is 126 Å². The van der Waals surface area contributed by atoms with Crippen molar-refractivity contribution in [3.63, 3.8) is 0 Å². The van der Waals surface area contributed by atoms with Gasteiger partial charge in [-0.05, 0) is 51.1 Å². The standard InChI is InChI=1S/C16H25N3O2/c1-12(11-19-8-4-3-5-9-19)18-15-10-13(16(20)21-2)6-7-14(15)17/h6-7,10,12,18H,3-5,8-9,11,17H2,1-2H3. The largest absolute Gasteiger partial charge is 0.465 e. The van der Waals surface area contributed by atoms with Gasteiger partial charge in [-0.2, -0.15) is 0 Å². The number of nitrogens with two attached hydrogens (primary N) is 1. The van der Waals surface area contributed by atoms with Crippen LogP contribution < -0.4 is 11.1 Å². The maximum absolute atomic E-state index is 11.6. The number of nitrogen functional groups attached to an aromatic ring is 1. The van der Waals surface area contributed by atoms with Gasteiger partial charge in [0.05, 0.1) is 24.0 Å². The predicted molar refractivity (Wildman–Crippen MR) is 85.6 cm³/mol. The van der Waals surface area contributed by atoms with Crippen LogP contribution in [-0.4, -0.2) is 43.7 Å². The molecule has 1 aliphatic rings. The summed E-state index contributed by atoms with van der Waals surface area (Å²) in [5.41, 5.74) is 7.94. The Morgan fingerprint density at radius 2 is 2.10 bits per heavy atom. The van der Waals surface area contributed by atoms with Crippen molar-refractivity contribution in [3.05, 3.63) is 23.8 Å². The molecule has 1 saturated heterocycles. The van der Waals surface area contributed by atoms with Crippen molar-refractivity contribution in [1.29, 1.82) is 0 Å². The van der Waals surface area contributed by atoms with Crippen LogP contribution in [0, 0.1) is 0 Å². The first-order chi connectivity index (χ1) is 10.1. The van der Waals surface area contributed by atoms with Crippen LogP contribution in [0.1, 0.15) is 36.5 Å². The SMILES string of the molecule is COC(=O)c1ccc(N)c(NC(C)CN2CCCCC2)c1. The molecule has 0 saturated carbocycles. The van der Waals surface area contributed by atoms with Gasteiger partial charge >= 0.3 is 5.97 Å². The number of esters is 1. The van der Waals surface area contributed by atoms with Gasteiger partial charge in [0.15, 0.2) is 0 Å². The number of anilines is 2. The van der Waals surface area contributed by atoms with Crippen LogP contribution in [-0.2, 0) is 4.74 Å². The highest BCUT2D eigenvalue weighted by Crippen LogP contribution is 2.22. The van der Waals surface area contributed by atoms with E-state index in [0.29, 0.717) is 11.3 Å². The molecule has 21 heavy (non-hydrogen) atoms. The van der Waals surface area contributed by atoms with Crippen molar-refractivity contribution in [2.45, 2.75) is 32.2 Å². The molecule has 0 aromatic heterocycles. The van der Waals surface area contributed by atoms with Gasteiger partial charge in [0.1, 0.15) is 0 Å². The lowest BCUT2D eigenvalue weighted by Crippen LogP contribution is -2.38. The molecule has 0 radical (unpaired) electrons. The molecule has 3 N–H and O–H groups in total. The summed E-state index contributed by atoms with van der Waals surface area (Å²) in [6, 6.07) is 5.45. The van der Waals surface area contributed by atoms with Crippen LogP contribution in [0.3, 0.4) is 0 Å². The number of carbonyl (C=O) groups is 1. The summed E-state index contributed by atoms with van der Waals surface area (Å²) in [5, 5.41) is 3.40. The summed E-state index contributed by atoms with van der Waals surface area (Å²) >= 11 is 0. The van der Waals surface area contributed by atoms with Gasteiger partial charge in [-0.25, -0.2) is 4.79 Å². The first-order valence-electron chi connectivity index (χ1n) is 7.57. The summed E-state index contributed by atoms with van der Waals surface area (Å²) in [7, 11) is 1.38. The maximum atomic E-state index is 11.6. The molecule has 0 bridgehead atoms. The number of nitrogens with zero attached hydrogens (tertiary/aromatic N) is 1. The van der Waals surface area contributed by atoms with Crippen LogP contribution in [0.4, 0.5) is 11.4 Å². The van der Waals surface area contributed by atoms with Gasteiger partial charge in [0, 0.05) is 12.6 Å². The second-order valence-corrected chi connectivity index (χ2v) is 5.70. The average Bonchev–Trinajstić information content (AvgIpc) is 2.49. The molecular formula is C16H25N3O2. The fourth-order valence-corrected chi connectivity index (χ4v) is 2.77. The lowest BCUT2D eigenvalue weighted by atomic mass is 10.1. The third-order valence-electron chi connectivity index (χ3n) is 3.86. The van der Waals surface area contributed by atoms with Gasteiger partial charge < -0.3 is 20.7 Å². The number of likely N-dealkylation sites (tertiary alicyclic amines) is 1. The van der Waals surface area contributed by atoms with Crippen LogP contribution >= 0.6 is 0 Å². The van der Waals surface area contributed by atoms with Gasteiger partial charge in [0.25, 0.3) is 0 Å². The normalized spacial score (nSPS) is 17.2. The molecule has 1 fully saturated rings. The molecule has 0 aliphatic carbocycles. The topological polar surface area (TPSA) is 67.6 Å². The summed E-state index contributed by atoms with van der Waals surface area (Å²) in [5.74, 6) is -0.346. The predicted octanol–water partition coefficient (Wildman–Crippen LogP) is 2.34. The number of hydrogen-bond acceptors (Lipinski definition) is 5. The molecular weight excluding hydrogens is 266 g/mol. The first-order valence-corrected chi connectivity index (χ1v) is 7.57. The van der Waals surface area contributed by atoms with E-state index in [1.165, 1.54) is 39.5 Å². The van der Waals surface area contributed by atoms with Crippen molar-refractivity contribution in [2.24, 2.45) is 0 Å². The molecule has 1 heterocycles. The average molecular weight is 291 g/mol. The van der Waals surface area contributed by atoms with Gasteiger partial charge in [-0.1, -0.05) is 6.42 Å². The fraction of sp³-hybridized carbons (Fsp3) is 0.562. The van der Waals surface area contributed by atoms with E-state index in [2.05, 4.69) is 17.1 Å². The maximum Gasteiger partial charge on any atom is 0.337 e. The lowest BCUT2D eigenvalue weighted by Gasteiger charge is -2.30. The van der Waals surface area contributed by atoms with E-state index in [-0.39, 0.29) is 12.0 Å². The first kappa shape index (κ1) is 15.6. The number of benzene rings is 1. The van der Waals surface area contributed by atoms with E-state index in [0.717, 1.165) is 12.2 Å². The molecule has 116 valence electrons. The molecule has 2 rings (SSSR count). The third kappa shape index (κ3) is 4.36. The van der Waals surface area contributed by atoms with Gasteiger partial charge in [0.2, 0.25) is 0 Å². The van der Waals surface area contributed by atoms with E-state index < -0.39 is 0 Å². The highest BCUT2D eigenvalue weighted by molar-refractivity contribution is 5.91. The summed E-state index contributed by atoms with van der Waals surface area (Å²) in [4.78, 5) is 14.1. The molecule has 1 unspecified atom stereocenters. The van der Waals surface area contributed by atoms with E-state index in [9.17, 15) is 4.79 Å². The molecule has 1 atom stereocenters. The van der Waals surface area contributed by atoms with E-state index in [4.69, 9.17) is 10.5 Å². The molecule has 5 heteroatoms. The summed E-state index contributed by atoms with van der Waals surface area (Å²) in [6.45, 7) is 5.47. The molecule has 1 aliphatic heterocycles. The van der Waals surface area contributed by atoms with E-state index >= 15 is 0 Å². The third-order valence-corrected chi connectivity index (χ3v) is 3.86. The monoisotopic (exact) mass is 291 g/mol. The fourth-order valence-electron chi connectivity index (χ4n) is 2.77. The number of nitrogens with one attached hydrogen (secondary N) is 1. The van der Waals surface area contributed by atoms with Crippen molar-refractivity contribution in [1.82, 2.24) is 4.90 Å². The highest BCUT2D eigenvalue weighted by Gasteiger charge is 2.15. The summed E-state index contributed by atoms with van der Waals surface area (Å²) in [6.07, 6.45) is 3.91. The van der Waals surface area contributed by atoms with Crippen molar-refractivity contribution >= 4 is 17.3 Å². The Hall–Kier alpha value is -1.75. The minimum atomic E-state index is -0.346. The highest BCUT2D eigenvalue weighted by atomic mass is 16.5. The van der Waals surface area contributed by atoms with Gasteiger partial charge in [-0.15, -0.1) is 0 Å². The summed E-state index contributed by atoms with van der Waals surface area (Å²) < 4.78 is 4.74. The van der Waals surface area contributed by atoms with Gasteiger partial charge in [-0.3, -0.25) is 0 Å². The number of hydrogen-bond donors (Lipinski definition) is 2. The molecule has 0 spiro atoms. The van der Waals surface area contributed by atoms with Crippen LogP contribution in [0.5, 0.6) is 0 Å². The quantitative estimate of drug-likeness (QED) is 0.644. The molecule has 1 aromatic carbocycles. The minimum Gasteiger partial charge on any atom is -0.465 e. The van der Waals surface area contributed by atoms with E-state index in [1.807, 2.05) is 0 Å². The van der Waals surface area contributed by atoms with Crippen molar-refractivity contribution < 1.29 is 9.53 Å². The zero-order chi connectivity index (χ0) is 15.2.